The lowest BCUT2D eigenvalue weighted by atomic mass is 10.1. The molecule has 0 fully saturated rings. The molecular weight excluding hydrogens is 406 g/mol. The maximum atomic E-state index is 12.0. The molecule has 0 spiro atoms. The number of carbonyl (C=O) groups excluding carboxylic acids is 2. The summed E-state index contributed by atoms with van der Waals surface area (Å²) in [6.45, 7) is 6.14. The third kappa shape index (κ3) is 11.4. The average Bonchev–Trinajstić information content (AvgIpc) is 3.15. The highest BCUT2D eigenvalue weighted by Crippen LogP contribution is 2.05. The number of amides is 1. The van der Waals surface area contributed by atoms with Crippen molar-refractivity contribution in [3.05, 3.63) is 24.0 Å². The Morgan fingerprint density at radius 3 is 2.68 bits per heavy atom. The van der Waals surface area contributed by atoms with Gasteiger partial charge in [-0.1, -0.05) is 18.2 Å². The van der Waals surface area contributed by atoms with Gasteiger partial charge in [0, 0.05) is 18.5 Å². The van der Waals surface area contributed by atoms with Crippen molar-refractivity contribution in [3.63, 3.8) is 0 Å². The zero-order chi connectivity index (χ0) is 23.2. The molecule has 31 heavy (non-hydrogen) atoms. The van der Waals surface area contributed by atoms with Gasteiger partial charge in [-0.15, -0.1) is 5.10 Å². The lowest BCUT2D eigenvalue weighted by molar-refractivity contribution is -0.459. The molecule has 1 atom stereocenters. The number of carboxylic acids is 1. The number of nitrogens with two attached hydrogens (primary N) is 2. The molecule has 0 aliphatic rings. The highest BCUT2D eigenvalue weighted by atomic mass is 16.5. The minimum Gasteiger partial charge on any atom is -0.480 e. The topological polar surface area (TPSA) is 189 Å². The van der Waals surface area contributed by atoms with Gasteiger partial charge in [0.25, 0.3) is 0 Å². The molecule has 0 saturated heterocycles. The number of nitrogens with zero attached hydrogens (tertiary/aromatic N) is 3. The molecule has 0 aliphatic heterocycles. The summed E-state index contributed by atoms with van der Waals surface area (Å²) in [4.78, 5) is 37.3. The van der Waals surface area contributed by atoms with Crippen LogP contribution >= 0.6 is 0 Å². The third-order valence-electron chi connectivity index (χ3n) is 4.21. The number of carboxylic acid groups (broad SMARTS) is 1. The molecular formula is C19H32N7O5+. The molecule has 1 heterocycles. The van der Waals surface area contributed by atoms with Crippen LogP contribution in [-0.2, 0) is 32.3 Å². The fourth-order valence-corrected chi connectivity index (χ4v) is 2.58. The van der Waals surface area contributed by atoms with Gasteiger partial charge in [0.15, 0.2) is 0 Å². The van der Waals surface area contributed by atoms with Crippen molar-refractivity contribution < 1.29 is 29.2 Å². The highest BCUT2D eigenvalue weighted by molar-refractivity contribution is 5.86. The van der Waals surface area contributed by atoms with E-state index in [1.807, 2.05) is 0 Å². The molecule has 7 N–H and O–H groups in total. The van der Waals surface area contributed by atoms with E-state index in [1.54, 1.807) is 17.8 Å². The molecule has 0 bridgehead atoms. The van der Waals surface area contributed by atoms with Crippen LogP contribution in [0.5, 0.6) is 0 Å². The minimum atomic E-state index is -1.08. The number of guanidine groups is 1. The first-order chi connectivity index (χ1) is 14.7. The maximum absolute atomic E-state index is 12.0. The summed E-state index contributed by atoms with van der Waals surface area (Å²) >= 11 is 0. The SMILES string of the molecule is C=C(C)C(=O)OCc1cn(CCCCCC(=O)NC(CCC[NH+]=C(N)N)C(=O)O)nn1. The van der Waals surface area contributed by atoms with Crippen molar-refractivity contribution in [3.8, 4) is 0 Å². The lowest BCUT2D eigenvalue weighted by Gasteiger charge is -2.13. The van der Waals surface area contributed by atoms with Crippen molar-refractivity contribution in [2.45, 2.75) is 64.6 Å². The normalized spacial score (nSPS) is 11.4. The van der Waals surface area contributed by atoms with Gasteiger partial charge in [-0.2, -0.15) is 0 Å². The number of nitrogens with one attached hydrogen (secondary N) is 2. The van der Waals surface area contributed by atoms with E-state index in [9.17, 15) is 19.5 Å². The lowest BCUT2D eigenvalue weighted by Crippen LogP contribution is -2.78. The number of hydrogen-bond donors (Lipinski definition) is 5. The maximum Gasteiger partial charge on any atom is 0.338 e. The van der Waals surface area contributed by atoms with Crippen LogP contribution in [0, 0.1) is 0 Å². The van der Waals surface area contributed by atoms with Gasteiger partial charge in [0.1, 0.15) is 18.3 Å². The first kappa shape index (κ1) is 25.6. The van der Waals surface area contributed by atoms with Crippen molar-refractivity contribution in [2.75, 3.05) is 6.54 Å². The number of unbranched alkanes of at least 4 members (excludes halogenated alkanes) is 2. The monoisotopic (exact) mass is 438 g/mol. The Hall–Kier alpha value is -3.44. The molecule has 0 radical (unpaired) electrons. The Labute approximate surface area is 180 Å². The van der Waals surface area contributed by atoms with Gasteiger partial charge in [-0.25, -0.2) is 9.59 Å². The van der Waals surface area contributed by atoms with E-state index >= 15 is 0 Å². The number of hydrogen-bond acceptors (Lipinski definition) is 6. The molecule has 1 aromatic rings. The molecule has 1 amide bonds. The van der Waals surface area contributed by atoms with E-state index < -0.39 is 18.0 Å². The zero-order valence-electron chi connectivity index (χ0n) is 17.8. The van der Waals surface area contributed by atoms with Gasteiger partial charge in [-0.3, -0.25) is 25.9 Å². The number of rotatable bonds is 15. The largest absolute Gasteiger partial charge is 0.480 e. The second kappa shape index (κ2) is 13.7. The fourth-order valence-electron chi connectivity index (χ4n) is 2.58. The summed E-state index contributed by atoms with van der Waals surface area (Å²) in [6, 6.07) is -0.944. The molecule has 1 unspecified atom stereocenters. The van der Waals surface area contributed by atoms with E-state index in [2.05, 4.69) is 27.2 Å². The molecule has 1 aromatic heterocycles. The number of aromatic nitrogens is 3. The number of aliphatic carboxylic acids is 1. The minimum absolute atomic E-state index is 0.0323. The van der Waals surface area contributed by atoms with Gasteiger partial charge in [0.2, 0.25) is 5.91 Å². The Kier molecular flexibility index (Phi) is 11.3. The van der Waals surface area contributed by atoms with Crippen LogP contribution in [0.25, 0.3) is 0 Å². The number of aryl methyl sites for hydroxylation is 1. The Balaban J connectivity index is 2.23. The number of ether oxygens (including phenoxy) is 1. The average molecular weight is 439 g/mol. The van der Waals surface area contributed by atoms with E-state index in [-0.39, 0.29) is 31.3 Å². The van der Waals surface area contributed by atoms with Crippen molar-refractivity contribution >= 4 is 23.8 Å². The van der Waals surface area contributed by atoms with Crippen molar-refractivity contribution in [1.82, 2.24) is 20.3 Å². The van der Waals surface area contributed by atoms with Gasteiger partial charge >= 0.3 is 17.9 Å². The van der Waals surface area contributed by atoms with Crippen LogP contribution in [0.3, 0.4) is 0 Å². The van der Waals surface area contributed by atoms with Crippen LogP contribution < -0.4 is 21.8 Å². The predicted octanol–water partition coefficient (Wildman–Crippen LogP) is -1.84. The predicted molar refractivity (Wildman–Crippen MR) is 111 cm³/mol. The standard InChI is InChI=1S/C19H31N7O5/c1-13(2)18(30)31-12-14-11-26(25-24-14)10-5-3-4-8-16(27)23-15(17(28)29)7-6-9-22-19(20)21/h11,15H,1,3-10,12H2,2H3,(H,23,27)(H,28,29)(H4,20,21,22)/p+1. The van der Waals surface area contributed by atoms with Crippen LogP contribution in [0.15, 0.2) is 18.3 Å². The second-order valence-electron chi connectivity index (χ2n) is 7.12. The molecule has 0 aromatic carbocycles. The first-order valence-electron chi connectivity index (χ1n) is 10.0. The summed E-state index contributed by atoms with van der Waals surface area (Å²) < 4.78 is 6.65. The van der Waals surface area contributed by atoms with Gasteiger partial charge < -0.3 is 15.2 Å². The summed E-state index contributed by atoms with van der Waals surface area (Å²) in [6.07, 6.45) is 4.87. The van der Waals surface area contributed by atoms with Crippen molar-refractivity contribution in [2.24, 2.45) is 11.5 Å². The Morgan fingerprint density at radius 1 is 1.29 bits per heavy atom. The van der Waals surface area contributed by atoms with E-state index in [4.69, 9.17) is 16.2 Å². The van der Waals surface area contributed by atoms with Crippen LogP contribution in [-0.4, -0.2) is 56.5 Å². The van der Waals surface area contributed by atoms with Crippen LogP contribution in [0.2, 0.25) is 0 Å². The second-order valence-corrected chi connectivity index (χ2v) is 7.12. The molecule has 12 heteroatoms. The molecule has 12 nitrogen and oxygen atoms in total. The Bertz CT molecular complexity index is 786. The molecule has 0 saturated carbocycles. The van der Waals surface area contributed by atoms with E-state index in [0.717, 1.165) is 12.8 Å². The van der Waals surface area contributed by atoms with Crippen molar-refractivity contribution in [1.29, 1.82) is 0 Å². The van der Waals surface area contributed by atoms with Crippen LogP contribution in [0.1, 0.15) is 51.1 Å². The zero-order valence-corrected chi connectivity index (χ0v) is 17.8. The highest BCUT2D eigenvalue weighted by Gasteiger charge is 2.19. The summed E-state index contributed by atoms with van der Waals surface area (Å²) in [5.74, 6) is -1.78. The fraction of sp³-hybridized carbons (Fsp3) is 0.579. The van der Waals surface area contributed by atoms with E-state index in [1.165, 1.54) is 0 Å². The van der Waals surface area contributed by atoms with E-state index in [0.29, 0.717) is 37.2 Å². The number of carbonyl (C=O) groups is 3. The van der Waals surface area contributed by atoms with Gasteiger partial charge in [0.05, 0.1) is 12.7 Å². The Morgan fingerprint density at radius 2 is 2.03 bits per heavy atom. The summed E-state index contributed by atoms with van der Waals surface area (Å²) in [5, 5.41) is 19.7. The summed E-state index contributed by atoms with van der Waals surface area (Å²) in [5.41, 5.74) is 11.4. The van der Waals surface area contributed by atoms with Gasteiger partial charge in [-0.05, 0) is 32.6 Å². The smallest absolute Gasteiger partial charge is 0.338 e. The molecule has 0 aliphatic carbocycles. The first-order valence-corrected chi connectivity index (χ1v) is 10.0. The third-order valence-corrected chi connectivity index (χ3v) is 4.21. The van der Waals surface area contributed by atoms with Crippen LogP contribution in [0.4, 0.5) is 0 Å². The summed E-state index contributed by atoms with van der Waals surface area (Å²) in [7, 11) is 0. The molecule has 172 valence electrons. The quantitative estimate of drug-likeness (QED) is 0.0688. The molecule has 1 rings (SSSR count). The number of esters is 1.